The summed E-state index contributed by atoms with van der Waals surface area (Å²) < 4.78 is 5.39. The topological polar surface area (TPSA) is 53.6 Å². The van der Waals surface area contributed by atoms with E-state index in [2.05, 4.69) is 10.6 Å². The van der Waals surface area contributed by atoms with Crippen LogP contribution in [-0.4, -0.2) is 33.2 Å². The van der Waals surface area contributed by atoms with Crippen molar-refractivity contribution < 1.29 is 9.53 Å². The summed E-state index contributed by atoms with van der Waals surface area (Å²) in [5, 5.41) is 6.26. The first-order valence-corrected chi connectivity index (χ1v) is 8.39. The first-order valence-electron chi connectivity index (χ1n) is 8.39. The molecule has 0 aliphatic carbocycles. The highest BCUT2D eigenvalue weighted by molar-refractivity contribution is 5.94. The second-order valence-electron chi connectivity index (χ2n) is 6.28. The Hall–Kier alpha value is -2.53. The Morgan fingerprint density at radius 3 is 2.28 bits per heavy atom. The van der Waals surface area contributed by atoms with Gasteiger partial charge in [0.05, 0.1) is 13.2 Å². The van der Waals surface area contributed by atoms with Gasteiger partial charge in [0.25, 0.3) is 0 Å². The lowest BCUT2D eigenvalue weighted by molar-refractivity contribution is -0.117. The average Bonchev–Trinajstić information content (AvgIpc) is 2.61. The Labute approximate surface area is 150 Å². The summed E-state index contributed by atoms with van der Waals surface area (Å²) in [7, 11) is 5.62. The van der Waals surface area contributed by atoms with Crippen molar-refractivity contribution >= 4 is 17.3 Å². The molecular weight excluding hydrogens is 314 g/mol. The first-order chi connectivity index (χ1) is 11.9. The Morgan fingerprint density at radius 2 is 1.68 bits per heavy atom. The molecule has 0 aromatic heterocycles. The van der Waals surface area contributed by atoms with E-state index in [-0.39, 0.29) is 18.0 Å². The highest BCUT2D eigenvalue weighted by Crippen LogP contribution is 2.24. The number of hydrogen-bond acceptors (Lipinski definition) is 4. The maximum absolute atomic E-state index is 12.4. The maximum atomic E-state index is 12.4. The Bertz CT molecular complexity index is 698. The van der Waals surface area contributed by atoms with Crippen LogP contribution in [0.15, 0.2) is 48.5 Å². The van der Waals surface area contributed by atoms with Crippen LogP contribution in [0.1, 0.15) is 25.5 Å². The molecule has 0 aliphatic heterocycles. The van der Waals surface area contributed by atoms with Crippen molar-refractivity contribution in [2.75, 3.05) is 31.4 Å². The summed E-state index contributed by atoms with van der Waals surface area (Å²) in [4.78, 5) is 14.5. The molecule has 0 heterocycles. The van der Waals surface area contributed by atoms with Gasteiger partial charge >= 0.3 is 0 Å². The number of methoxy groups -OCH3 is 1. The molecule has 2 atom stereocenters. The molecule has 2 aromatic carbocycles. The second-order valence-corrected chi connectivity index (χ2v) is 6.28. The van der Waals surface area contributed by atoms with Gasteiger partial charge in [-0.1, -0.05) is 18.2 Å². The molecule has 0 unspecified atom stereocenters. The van der Waals surface area contributed by atoms with E-state index in [0.717, 1.165) is 22.7 Å². The van der Waals surface area contributed by atoms with Crippen LogP contribution in [0.5, 0.6) is 5.75 Å². The van der Waals surface area contributed by atoms with Crippen LogP contribution in [0, 0.1) is 0 Å². The van der Waals surface area contributed by atoms with Crippen molar-refractivity contribution in [3.63, 3.8) is 0 Å². The van der Waals surface area contributed by atoms with Gasteiger partial charge in [-0.2, -0.15) is 0 Å². The molecule has 0 fully saturated rings. The Morgan fingerprint density at radius 1 is 1.04 bits per heavy atom. The fourth-order valence-corrected chi connectivity index (χ4v) is 2.66. The third-order valence-electron chi connectivity index (χ3n) is 4.15. The smallest absolute Gasteiger partial charge is 0.241 e. The van der Waals surface area contributed by atoms with E-state index >= 15 is 0 Å². The molecule has 2 N–H and O–H groups in total. The zero-order valence-electron chi connectivity index (χ0n) is 15.5. The number of ether oxygens (including phenoxy) is 1. The fourth-order valence-electron chi connectivity index (χ4n) is 2.66. The molecule has 2 rings (SSSR count). The van der Waals surface area contributed by atoms with Crippen LogP contribution in [0.4, 0.5) is 11.4 Å². The van der Waals surface area contributed by atoms with E-state index in [1.165, 1.54) is 0 Å². The molecule has 0 saturated carbocycles. The van der Waals surface area contributed by atoms with Gasteiger partial charge in [0.15, 0.2) is 0 Å². The van der Waals surface area contributed by atoms with Crippen LogP contribution in [-0.2, 0) is 4.79 Å². The van der Waals surface area contributed by atoms with Gasteiger partial charge in [-0.15, -0.1) is 0 Å². The zero-order valence-corrected chi connectivity index (χ0v) is 15.5. The number of hydrogen-bond donors (Lipinski definition) is 2. The van der Waals surface area contributed by atoms with E-state index in [1.807, 2.05) is 81.4 Å². The molecule has 134 valence electrons. The van der Waals surface area contributed by atoms with E-state index in [4.69, 9.17) is 4.74 Å². The number of carbonyl (C=O) groups excluding carboxylic acids is 1. The number of amides is 1. The van der Waals surface area contributed by atoms with Crippen molar-refractivity contribution in [1.82, 2.24) is 5.32 Å². The first kappa shape index (κ1) is 18.8. The summed E-state index contributed by atoms with van der Waals surface area (Å²) >= 11 is 0. The van der Waals surface area contributed by atoms with Crippen LogP contribution in [0.3, 0.4) is 0 Å². The lowest BCUT2D eigenvalue weighted by atomic mass is 10.1. The van der Waals surface area contributed by atoms with Gasteiger partial charge in [-0.3, -0.25) is 10.1 Å². The van der Waals surface area contributed by atoms with Crippen molar-refractivity contribution in [3.8, 4) is 5.75 Å². The van der Waals surface area contributed by atoms with Crippen molar-refractivity contribution in [1.29, 1.82) is 0 Å². The van der Waals surface area contributed by atoms with Crippen LogP contribution < -0.4 is 20.3 Å². The molecule has 0 aliphatic rings. The average molecular weight is 341 g/mol. The highest BCUT2D eigenvalue weighted by Gasteiger charge is 2.18. The lowest BCUT2D eigenvalue weighted by Gasteiger charge is -2.21. The molecule has 0 radical (unpaired) electrons. The monoisotopic (exact) mass is 341 g/mol. The zero-order chi connectivity index (χ0) is 18.4. The molecule has 0 saturated heterocycles. The second kappa shape index (κ2) is 8.53. The molecule has 5 nitrogen and oxygen atoms in total. The molecule has 0 bridgehead atoms. The van der Waals surface area contributed by atoms with E-state index in [9.17, 15) is 4.79 Å². The standard InChI is InChI=1S/C20H27N3O2/c1-14(18-8-6-7-9-19(18)25-5)21-15(2)20(24)22-16-10-12-17(13-11-16)23(3)4/h6-15,21H,1-5H3,(H,22,24)/t14-,15-/m1/s1. The summed E-state index contributed by atoms with van der Waals surface area (Å²) in [5.41, 5.74) is 2.91. The van der Waals surface area contributed by atoms with Gasteiger partial charge in [-0.05, 0) is 44.2 Å². The van der Waals surface area contributed by atoms with Crippen molar-refractivity contribution in [3.05, 3.63) is 54.1 Å². The van der Waals surface area contributed by atoms with E-state index in [0.29, 0.717) is 0 Å². The predicted molar refractivity (Wildman–Crippen MR) is 103 cm³/mol. The van der Waals surface area contributed by atoms with Gasteiger partial charge < -0.3 is 15.0 Å². The van der Waals surface area contributed by atoms with Crippen molar-refractivity contribution in [2.24, 2.45) is 0 Å². The van der Waals surface area contributed by atoms with E-state index in [1.54, 1.807) is 7.11 Å². The molecule has 2 aromatic rings. The third kappa shape index (κ3) is 4.97. The Kier molecular flexibility index (Phi) is 6.42. The largest absolute Gasteiger partial charge is 0.496 e. The van der Waals surface area contributed by atoms with Gasteiger partial charge in [-0.25, -0.2) is 0 Å². The number of nitrogens with zero attached hydrogens (tertiary/aromatic N) is 1. The van der Waals surface area contributed by atoms with Gasteiger partial charge in [0.2, 0.25) is 5.91 Å². The van der Waals surface area contributed by atoms with Crippen LogP contribution >= 0.6 is 0 Å². The third-order valence-corrected chi connectivity index (χ3v) is 4.15. The van der Waals surface area contributed by atoms with Crippen LogP contribution in [0.2, 0.25) is 0 Å². The summed E-state index contributed by atoms with van der Waals surface area (Å²) in [6.45, 7) is 3.88. The molecule has 5 heteroatoms. The Balaban J connectivity index is 1.97. The van der Waals surface area contributed by atoms with Crippen LogP contribution in [0.25, 0.3) is 0 Å². The predicted octanol–water partition coefficient (Wildman–Crippen LogP) is 3.44. The molecule has 25 heavy (non-hydrogen) atoms. The SMILES string of the molecule is COc1ccccc1[C@@H](C)N[C@H](C)C(=O)Nc1ccc(N(C)C)cc1. The maximum Gasteiger partial charge on any atom is 0.241 e. The lowest BCUT2D eigenvalue weighted by Crippen LogP contribution is -2.39. The molecule has 1 amide bonds. The number of benzene rings is 2. The minimum Gasteiger partial charge on any atom is -0.496 e. The fraction of sp³-hybridized carbons (Fsp3) is 0.350. The van der Waals surface area contributed by atoms with Gasteiger partial charge in [0.1, 0.15) is 5.75 Å². The minimum absolute atomic E-state index is 0.00647. The molecular formula is C20H27N3O2. The normalized spacial score (nSPS) is 13.0. The number of para-hydroxylation sites is 1. The highest BCUT2D eigenvalue weighted by atomic mass is 16.5. The number of nitrogens with one attached hydrogen (secondary N) is 2. The van der Waals surface area contributed by atoms with E-state index < -0.39 is 0 Å². The minimum atomic E-state index is -0.339. The van der Waals surface area contributed by atoms with Gasteiger partial charge in [0, 0.05) is 37.1 Å². The quantitative estimate of drug-likeness (QED) is 0.810. The molecule has 0 spiro atoms. The summed E-state index contributed by atoms with van der Waals surface area (Å²) in [6.07, 6.45) is 0. The number of anilines is 2. The number of carbonyl (C=O) groups is 1. The van der Waals surface area contributed by atoms with Crippen molar-refractivity contribution in [2.45, 2.75) is 25.9 Å². The summed E-state index contributed by atoms with van der Waals surface area (Å²) in [6, 6.07) is 15.2. The number of rotatable bonds is 7. The summed E-state index contributed by atoms with van der Waals surface area (Å²) in [5.74, 6) is 0.744.